The summed E-state index contributed by atoms with van der Waals surface area (Å²) in [6.07, 6.45) is 6.09. The Morgan fingerprint density at radius 1 is 1.39 bits per heavy atom. The lowest BCUT2D eigenvalue weighted by Crippen LogP contribution is -2.41. The van der Waals surface area contributed by atoms with Gasteiger partial charge < -0.3 is 19.9 Å². The first kappa shape index (κ1) is 18.1. The minimum absolute atomic E-state index is 0.0540. The fourth-order valence-corrected chi connectivity index (χ4v) is 5.80. The predicted molar refractivity (Wildman–Crippen MR) is 109 cm³/mol. The van der Waals surface area contributed by atoms with Crippen molar-refractivity contribution >= 4 is 34.5 Å². The molecule has 3 saturated heterocycles. The number of nitrogens with zero attached hydrogens (tertiary/aromatic N) is 1. The summed E-state index contributed by atoms with van der Waals surface area (Å²) < 4.78 is 6.38. The number of benzene rings is 1. The number of H-pyrrole nitrogens is 1. The average molecular weight is 400 g/mol. The fraction of sp³-hybridized carbons (Fsp3) is 0.524. The molecular weight excluding hydrogens is 374 g/mol. The molecule has 0 saturated carbocycles. The Labute approximate surface area is 168 Å². The van der Waals surface area contributed by atoms with Crippen LogP contribution in [0.5, 0.6) is 0 Å². The highest BCUT2D eigenvalue weighted by molar-refractivity contribution is 7.99. The number of likely N-dealkylation sites (tertiary alicyclic amines) is 1. The molecule has 4 heterocycles. The van der Waals surface area contributed by atoms with Gasteiger partial charge in [0.05, 0.1) is 24.0 Å². The number of hydrogen-bond donors (Lipinski definition) is 2. The minimum atomic E-state index is -0.183. The monoisotopic (exact) mass is 399 g/mol. The first-order valence-electron chi connectivity index (χ1n) is 9.89. The summed E-state index contributed by atoms with van der Waals surface area (Å²) >= 11 is 1.56. The maximum atomic E-state index is 12.7. The standard InChI is InChI=1S/C21H25N3O3S/c1-28-11-19(25)24-10-16-15(18-4-6-21(16,12-24)27-18)9-23-20(26)14-3-2-13-5-7-22-17(13)8-14/h2-3,5,7-8,15-16,18,22H,4,6,9-12H2,1H3,(H,23,26)/t15-,16+,18+,21+/m0/s1. The third-order valence-electron chi connectivity index (χ3n) is 6.72. The summed E-state index contributed by atoms with van der Waals surface area (Å²) in [5, 5.41) is 4.22. The number of aromatic amines is 1. The van der Waals surface area contributed by atoms with Crippen LogP contribution in [0, 0.1) is 11.8 Å². The Hall–Kier alpha value is -1.99. The SMILES string of the molecule is CSCC(=O)N1C[C@@H]2[C@H](CNC(=O)c3ccc4cc[nH]c4c3)[C@H]3CC[C@]2(C1)O3. The molecule has 28 heavy (non-hydrogen) atoms. The Morgan fingerprint density at radius 2 is 2.29 bits per heavy atom. The van der Waals surface area contributed by atoms with Crippen LogP contribution < -0.4 is 5.32 Å². The van der Waals surface area contributed by atoms with Gasteiger partial charge in [-0.1, -0.05) is 6.07 Å². The number of thioether (sulfide) groups is 1. The number of carbonyl (C=O) groups is 2. The van der Waals surface area contributed by atoms with Crippen molar-refractivity contribution in [3.63, 3.8) is 0 Å². The molecule has 0 aliphatic carbocycles. The first-order chi connectivity index (χ1) is 13.6. The fourth-order valence-electron chi connectivity index (χ4n) is 5.37. The van der Waals surface area contributed by atoms with Crippen molar-refractivity contribution in [2.45, 2.75) is 24.5 Å². The molecule has 2 N–H and O–H groups in total. The highest BCUT2D eigenvalue weighted by Gasteiger charge is 2.63. The molecule has 3 fully saturated rings. The van der Waals surface area contributed by atoms with E-state index >= 15 is 0 Å². The van der Waals surface area contributed by atoms with E-state index in [4.69, 9.17) is 4.74 Å². The summed E-state index contributed by atoms with van der Waals surface area (Å²) in [4.78, 5) is 30.2. The van der Waals surface area contributed by atoms with Gasteiger partial charge in [-0.05, 0) is 42.7 Å². The second-order valence-corrected chi connectivity index (χ2v) is 9.09. The molecule has 4 atom stereocenters. The summed E-state index contributed by atoms with van der Waals surface area (Å²) in [5.74, 6) is 1.27. The van der Waals surface area contributed by atoms with Gasteiger partial charge in [0.25, 0.3) is 5.91 Å². The van der Waals surface area contributed by atoms with Gasteiger partial charge in [0, 0.05) is 42.2 Å². The molecule has 0 radical (unpaired) electrons. The van der Waals surface area contributed by atoms with Gasteiger partial charge in [-0.25, -0.2) is 0 Å². The molecule has 0 unspecified atom stereocenters. The van der Waals surface area contributed by atoms with Crippen molar-refractivity contribution in [3.8, 4) is 0 Å². The number of carbonyl (C=O) groups excluding carboxylic acids is 2. The quantitative estimate of drug-likeness (QED) is 0.809. The molecule has 3 aliphatic heterocycles. The van der Waals surface area contributed by atoms with Crippen molar-refractivity contribution in [2.75, 3.05) is 31.6 Å². The van der Waals surface area contributed by atoms with Crippen LogP contribution in [0.15, 0.2) is 30.5 Å². The van der Waals surface area contributed by atoms with E-state index in [1.165, 1.54) is 0 Å². The molecule has 5 rings (SSSR count). The average Bonchev–Trinajstić information content (AvgIpc) is 3.45. The number of hydrogen-bond acceptors (Lipinski definition) is 4. The van der Waals surface area contributed by atoms with Gasteiger partial charge in [0.15, 0.2) is 0 Å². The third kappa shape index (κ3) is 2.83. The van der Waals surface area contributed by atoms with Gasteiger partial charge in [-0.15, -0.1) is 0 Å². The van der Waals surface area contributed by atoms with Crippen LogP contribution in [-0.2, 0) is 9.53 Å². The Kier molecular flexibility index (Phi) is 4.39. The van der Waals surface area contributed by atoms with E-state index in [1.54, 1.807) is 11.8 Å². The molecule has 3 aliphatic rings. The molecule has 1 aromatic carbocycles. The normalized spacial score (nSPS) is 30.8. The zero-order valence-corrected chi connectivity index (χ0v) is 16.8. The van der Waals surface area contributed by atoms with Gasteiger partial charge in [0.1, 0.15) is 0 Å². The van der Waals surface area contributed by atoms with Crippen molar-refractivity contribution < 1.29 is 14.3 Å². The molecule has 2 amide bonds. The van der Waals surface area contributed by atoms with Gasteiger partial charge in [-0.2, -0.15) is 11.8 Å². The van der Waals surface area contributed by atoms with Crippen molar-refractivity contribution in [1.82, 2.24) is 15.2 Å². The van der Waals surface area contributed by atoms with Crippen molar-refractivity contribution in [2.24, 2.45) is 11.8 Å². The van der Waals surface area contributed by atoms with Crippen molar-refractivity contribution in [3.05, 3.63) is 36.0 Å². The van der Waals surface area contributed by atoms with Crippen LogP contribution in [0.1, 0.15) is 23.2 Å². The Morgan fingerprint density at radius 3 is 3.14 bits per heavy atom. The number of nitrogens with one attached hydrogen (secondary N) is 2. The molecule has 2 aromatic rings. The lowest BCUT2D eigenvalue weighted by molar-refractivity contribution is -0.128. The van der Waals surface area contributed by atoms with Crippen molar-refractivity contribution in [1.29, 1.82) is 0 Å². The van der Waals surface area contributed by atoms with E-state index in [1.807, 2.05) is 41.6 Å². The lowest BCUT2D eigenvalue weighted by atomic mass is 9.73. The second kappa shape index (κ2) is 6.81. The zero-order valence-electron chi connectivity index (χ0n) is 15.9. The number of amides is 2. The van der Waals surface area contributed by atoms with E-state index in [0.29, 0.717) is 30.3 Å². The van der Waals surface area contributed by atoms with Crippen LogP contribution in [0.2, 0.25) is 0 Å². The first-order valence-corrected chi connectivity index (χ1v) is 11.3. The molecular formula is C21H25N3O3S. The summed E-state index contributed by atoms with van der Waals surface area (Å²) in [5.41, 5.74) is 1.45. The number of fused-ring (bicyclic) bond motifs is 2. The van der Waals surface area contributed by atoms with Crippen LogP contribution in [0.3, 0.4) is 0 Å². The number of aromatic nitrogens is 1. The smallest absolute Gasteiger partial charge is 0.251 e. The highest BCUT2D eigenvalue weighted by atomic mass is 32.2. The Balaban J connectivity index is 1.26. The molecule has 148 valence electrons. The van der Waals surface area contributed by atoms with Crippen LogP contribution >= 0.6 is 11.8 Å². The predicted octanol–water partition coefficient (Wildman–Crippen LogP) is 2.27. The van der Waals surface area contributed by atoms with E-state index in [2.05, 4.69) is 10.3 Å². The summed E-state index contributed by atoms with van der Waals surface area (Å²) in [7, 11) is 0. The zero-order chi connectivity index (χ0) is 19.3. The van der Waals surface area contributed by atoms with Crippen LogP contribution in [-0.4, -0.2) is 65.0 Å². The molecule has 1 spiro atoms. The van der Waals surface area contributed by atoms with E-state index in [0.717, 1.165) is 30.3 Å². The van der Waals surface area contributed by atoms with E-state index < -0.39 is 0 Å². The minimum Gasteiger partial charge on any atom is -0.369 e. The third-order valence-corrected chi connectivity index (χ3v) is 7.26. The largest absolute Gasteiger partial charge is 0.369 e. The molecule has 1 aromatic heterocycles. The second-order valence-electron chi connectivity index (χ2n) is 8.23. The van der Waals surface area contributed by atoms with Crippen LogP contribution in [0.4, 0.5) is 0 Å². The summed E-state index contributed by atoms with van der Waals surface area (Å²) in [6.45, 7) is 2.07. The highest BCUT2D eigenvalue weighted by Crippen LogP contribution is 2.54. The van der Waals surface area contributed by atoms with Gasteiger partial charge >= 0.3 is 0 Å². The Bertz CT molecular complexity index is 929. The number of ether oxygens (including phenoxy) is 1. The molecule has 2 bridgehead atoms. The topological polar surface area (TPSA) is 74.4 Å². The van der Waals surface area contributed by atoms with Gasteiger partial charge in [-0.3, -0.25) is 9.59 Å². The summed E-state index contributed by atoms with van der Waals surface area (Å²) in [6, 6.07) is 7.71. The molecule has 7 heteroatoms. The number of rotatable bonds is 5. The molecule has 6 nitrogen and oxygen atoms in total. The van der Waals surface area contributed by atoms with E-state index in [9.17, 15) is 9.59 Å². The maximum absolute atomic E-state index is 12.7. The van der Waals surface area contributed by atoms with E-state index in [-0.39, 0.29) is 29.4 Å². The van der Waals surface area contributed by atoms with Gasteiger partial charge in [0.2, 0.25) is 5.91 Å². The maximum Gasteiger partial charge on any atom is 0.251 e. The van der Waals surface area contributed by atoms with Crippen LogP contribution in [0.25, 0.3) is 10.9 Å². The lowest BCUT2D eigenvalue weighted by Gasteiger charge is -2.29.